The van der Waals surface area contributed by atoms with Crippen molar-refractivity contribution in [3.8, 4) is 11.1 Å². The lowest BCUT2D eigenvalue weighted by molar-refractivity contribution is 0.0792. The van der Waals surface area contributed by atoms with Gasteiger partial charge in [-0.1, -0.05) is 54.1 Å². The molecule has 0 radical (unpaired) electrons. The van der Waals surface area contributed by atoms with Gasteiger partial charge in [-0.15, -0.1) is 0 Å². The van der Waals surface area contributed by atoms with Crippen molar-refractivity contribution in [1.29, 1.82) is 0 Å². The van der Waals surface area contributed by atoms with E-state index in [4.69, 9.17) is 16.0 Å². The summed E-state index contributed by atoms with van der Waals surface area (Å²) in [6, 6.07) is 19.6. The third-order valence-corrected chi connectivity index (χ3v) is 4.57. The zero-order valence-electron chi connectivity index (χ0n) is 13.5. The first-order valence-electron chi connectivity index (χ1n) is 7.88. The molecule has 0 aliphatic rings. The van der Waals surface area contributed by atoms with Crippen molar-refractivity contribution in [3.63, 3.8) is 0 Å². The molecule has 0 saturated carbocycles. The molecule has 3 heteroatoms. The Hall–Kier alpha value is -2.29. The molecule has 0 amide bonds. The molecule has 1 N–H and O–H groups in total. The maximum absolute atomic E-state index is 10.6. The molecular weight excluding hydrogens is 320 g/mol. The Morgan fingerprint density at radius 2 is 1.62 bits per heavy atom. The van der Waals surface area contributed by atoms with E-state index in [2.05, 4.69) is 12.1 Å². The summed E-state index contributed by atoms with van der Waals surface area (Å²) in [6.45, 7) is 3.55. The maximum atomic E-state index is 10.6. The van der Waals surface area contributed by atoms with Gasteiger partial charge in [0.2, 0.25) is 0 Å². The summed E-state index contributed by atoms with van der Waals surface area (Å²) < 4.78 is 6.12. The highest BCUT2D eigenvalue weighted by Crippen LogP contribution is 2.40. The predicted molar refractivity (Wildman–Crippen MR) is 99.4 cm³/mol. The monoisotopic (exact) mass is 336 g/mol. The minimum atomic E-state index is -0.978. The van der Waals surface area contributed by atoms with E-state index in [1.54, 1.807) is 19.9 Å². The van der Waals surface area contributed by atoms with Crippen LogP contribution in [0.2, 0.25) is 5.02 Å². The molecule has 0 atom stereocenters. The molecule has 0 aliphatic carbocycles. The molecule has 1 aromatic heterocycles. The van der Waals surface area contributed by atoms with Crippen LogP contribution in [-0.4, -0.2) is 5.11 Å². The fourth-order valence-corrected chi connectivity index (χ4v) is 3.40. The van der Waals surface area contributed by atoms with Crippen molar-refractivity contribution in [1.82, 2.24) is 0 Å². The van der Waals surface area contributed by atoms with E-state index in [0.717, 1.165) is 38.6 Å². The van der Waals surface area contributed by atoms with Crippen LogP contribution < -0.4 is 0 Å². The molecule has 0 saturated heterocycles. The van der Waals surface area contributed by atoms with E-state index in [1.807, 2.05) is 42.5 Å². The molecule has 4 aromatic rings. The number of halogens is 1. The Kier molecular flexibility index (Phi) is 3.41. The van der Waals surface area contributed by atoms with Gasteiger partial charge in [-0.25, -0.2) is 0 Å². The van der Waals surface area contributed by atoms with E-state index in [0.29, 0.717) is 5.02 Å². The summed E-state index contributed by atoms with van der Waals surface area (Å²) in [5.74, 6) is 0. The molecule has 0 unspecified atom stereocenters. The molecule has 0 fully saturated rings. The largest absolute Gasteiger partial charge is 0.455 e. The zero-order chi connectivity index (χ0) is 16.9. The minimum Gasteiger partial charge on any atom is -0.455 e. The summed E-state index contributed by atoms with van der Waals surface area (Å²) in [4.78, 5) is 0. The van der Waals surface area contributed by atoms with Crippen LogP contribution in [0.3, 0.4) is 0 Å². The SMILES string of the molecule is CC(C)(O)c1ccc(Cl)cc1-c1cccc2c1oc1ccccc12. The predicted octanol–water partition coefficient (Wildman–Crippen LogP) is 6.13. The van der Waals surface area contributed by atoms with E-state index < -0.39 is 5.60 Å². The number of para-hydroxylation sites is 2. The topological polar surface area (TPSA) is 33.4 Å². The Balaban J connectivity index is 2.10. The number of hydrogen-bond donors (Lipinski definition) is 1. The number of fused-ring (bicyclic) bond motifs is 3. The summed E-state index contributed by atoms with van der Waals surface area (Å²) in [5, 5.41) is 13.3. The van der Waals surface area contributed by atoms with Crippen molar-refractivity contribution >= 4 is 33.5 Å². The normalized spacial score (nSPS) is 12.2. The van der Waals surface area contributed by atoms with Crippen LogP contribution in [0, 0.1) is 0 Å². The van der Waals surface area contributed by atoms with Gasteiger partial charge >= 0.3 is 0 Å². The van der Waals surface area contributed by atoms with Crippen LogP contribution in [0.5, 0.6) is 0 Å². The summed E-state index contributed by atoms with van der Waals surface area (Å²) in [5.41, 5.74) is 3.33. The number of rotatable bonds is 2. The zero-order valence-corrected chi connectivity index (χ0v) is 14.3. The molecule has 4 rings (SSSR count). The van der Waals surface area contributed by atoms with Gasteiger partial charge in [-0.05, 0) is 43.2 Å². The van der Waals surface area contributed by atoms with Crippen LogP contribution in [0.15, 0.2) is 65.1 Å². The van der Waals surface area contributed by atoms with E-state index in [9.17, 15) is 5.11 Å². The highest BCUT2D eigenvalue weighted by atomic mass is 35.5. The minimum absolute atomic E-state index is 0.631. The first kappa shape index (κ1) is 15.3. The van der Waals surface area contributed by atoms with Crippen LogP contribution in [-0.2, 0) is 5.60 Å². The smallest absolute Gasteiger partial charge is 0.143 e. The van der Waals surface area contributed by atoms with Gasteiger partial charge in [-0.2, -0.15) is 0 Å². The quantitative estimate of drug-likeness (QED) is 0.477. The number of hydrogen-bond acceptors (Lipinski definition) is 2. The van der Waals surface area contributed by atoms with Crippen LogP contribution in [0.4, 0.5) is 0 Å². The van der Waals surface area contributed by atoms with Gasteiger partial charge < -0.3 is 9.52 Å². The third kappa shape index (κ3) is 2.39. The summed E-state index contributed by atoms with van der Waals surface area (Å²) in [6.07, 6.45) is 0. The van der Waals surface area contributed by atoms with Crippen LogP contribution >= 0.6 is 11.6 Å². The standard InChI is InChI=1S/C21H17ClO2/c1-21(2,23)18-11-10-13(22)12-17(18)16-8-5-7-15-14-6-3-4-9-19(14)24-20(15)16/h3-12,23H,1-2H3. The van der Waals surface area contributed by atoms with Gasteiger partial charge in [0.05, 0.1) is 5.60 Å². The van der Waals surface area contributed by atoms with Crippen molar-refractivity contribution in [2.75, 3.05) is 0 Å². The lowest BCUT2D eigenvalue weighted by Crippen LogP contribution is -2.16. The van der Waals surface area contributed by atoms with E-state index in [-0.39, 0.29) is 0 Å². The van der Waals surface area contributed by atoms with Crippen LogP contribution in [0.1, 0.15) is 19.4 Å². The number of aliphatic hydroxyl groups is 1. The molecule has 2 nitrogen and oxygen atoms in total. The second-order valence-corrected chi connectivity index (χ2v) is 6.97. The fourth-order valence-electron chi connectivity index (χ4n) is 3.23. The Morgan fingerprint density at radius 1 is 0.875 bits per heavy atom. The summed E-state index contributed by atoms with van der Waals surface area (Å²) in [7, 11) is 0. The average Bonchev–Trinajstić information content (AvgIpc) is 2.92. The molecule has 0 spiro atoms. The lowest BCUT2D eigenvalue weighted by Gasteiger charge is -2.22. The second-order valence-electron chi connectivity index (χ2n) is 6.53. The Labute approximate surface area is 145 Å². The number of benzene rings is 3. The average molecular weight is 337 g/mol. The highest BCUT2D eigenvalue weighted by molar-refractivity contribution is 6.31. The van der Waals surface area contributed by atoms with Gasteiger partial charge in [0.25, 0.3) is 0 Å². The fraction of sp³-hybridized carbons (Fsp3) is 0.143. The molecule has 1 heterocycles. The first-order valence-corrected chi connectivity index (χ1v) is 8.26. The lowest BCUT2D eigenvalue weighted by atomic mass is 9.89. The molecular formula is C21H17ClO2. The van der Waals surface area contributed by atoms with Crippen molar-refractivity contribution in [3.05, 3.63) is 71.2 Å². The summed E-state index contributed by atoms with van der Waals surface area (Å²) >= 11 is 6.23. The van der Waals surface area contributed by atoms with Gasteiger partial charge in [0, 0.05) is 21.4 Å². The maximum Gasteiger partial charge on any atom is 0.143 e. The molecule has 0 bridgehead atoms. The molecule has 3 aromatic carbocycles. The number of furan rings is 1. The van der Waals surface area contributed by atoms with Crippen LogP contribution in [0.25, 0.3) is 33.1 Å². The van der Waals surface area contributed by atoms with Gasteiger partial charge in [0.1, 0.15) is 11.2 Å². The van der Waals surface area contributed by atoms with Crippen molar-refractivity contribution < 1.29 is 9.52 Å². The van der Waals surface area contributed by atoms with Crippen molar-refractivity contribution in [2.45, 2.75) is 19.4 Å². The van der Waals surface area contributed by atoms with Gasteiger partial charge in [0.15, 0.2) is 0 Å². The Bertz CT molecular complexity index is 1050. The highest BCUT2D eigenvalue weighted by Gasteiger charge is 2.23. The third-order valence-electron chi connectivity index (χ3n) is 4.34. The molecule has 120 valence electrons. The van der Waals surface area contributed by atoms with Gasteiger partial charge in [-0.3, -0.25) is 0 Å². The second kappa shape index (κ2) is 5.37. The Morgan fingerprint density at radius 3 is 2.42 bits per heavy atom. The molecule has 0 aliphatic heterocycles. The van der Waals surface area contributed by atoms with E-state index in [1.165, 1.54) is 0 Å². The first-order chi connectivity index (χ1) is 11.4. The van der Waals surface area contributed by atoms with E-state index >= 15 is 0 Å². The van der Waals surface area contributed by atoms with Crippen molar-refractivity contribution in [2.24, 2.45) is 0 Å². The molecule has 24 heavy (non-hydrogen) atoms.